The molecule has 2 aromatic rings. The van der Waals surface area contributed by atoms with Crippen molar-refractivity contribution in [2.75, 3.05) is 13.2 Å². The highest BCUT2D eigenvalue weighted by atomic mass is 16.5. The number of rotatable bonds is 11. The second kappa shape index (κ2) is 11.9. The molecule has 0 saturated carbocycles. The first-order chi connectivity index (χ1) is 13.2. The van der Waals surface area contributed by atoms with Gasteiger partial charge in [0.05, 0.1) is 6.61 Å². The van der Waals surface area contributed by atoms with Crippen molar-refractivity contribution in [2.24, 2.45) is 0 Å². The lowest BCUT2D eigenvalue weighted by Crippen LogP contribution is -2.26. The Morgan fingerprint density at radius 1 is 0.889 bits per heavy atom. The van der Waals surface area contributed by atoms with Gasteiger partial charge in [0.25, 0.3) is 0 Å². The topological polar surface area (TPSA) is 55.4 Å². The summed E-state index contributed by atoms with van der Waals surface area (Å²) in [5.74, 6) is -0.0376. The number of esters is 1. The van der Waals surface area contributed by atoms with Gasteiger partial charge in [-0.15, -0.1) is 0 Å². The Morgan fingerprint density at radius 3 is 2.04 bits per heavy atom. The summed E-state index contributed by atoms with van der Waals surface area (Å²) in [4.78, 5) is 23.7. The first-order valence-corrected chi connectivity index (χ1v) is 9.73. The number of carbonyl (C=O) groups is 2. The van der Waals surface area contributed by atoms with Crippen LogP contribution in [0.25, 0.3) is 0 Å². The van der Waals surface area contributed by atoms with E-state index in [0.717, 1.165) is 30.4 Å². The van der Waals surface area contributed by atoms with Gasteiger partial charge in [-0.1, -0.05) is 67.1 Å². The highest BCUT2D eigenvalue weighted by molar-refractivity contribution is 5.77. The summed E-state index contributed by atoms with van der Waals surface area (Å²) in [5, 5.41) is 3.01. The van der Waals surface area contributed by atoms with Gasteiger partial charge < -0.3 is 10.1 Å². The molecular formula is C23H29NO3. The highest BCUT2D eigenvalue weighted by Crippen LogP contribution is 2.27. The van der Waals surface area contributed by atoms with E-state index in [1.807, 2.05) is 43.3 Å². The van der Waals surface area contributed by atoms with Crippen LogP contribution in [-0.2, 0) is 14.3 Å². The fourth-order valence-electron chi connectivity index (χ4n) is 3.09. The predicted molar refractivity (Wildman–Crippen MR) is 107 cm³/mol. The lowest BCUT2D eigenvalue weighted by molar-refractivity contribution is -0.143. The summed E-state index contributed by atoms with van der Waals surface area (Å²) < 4.78 is 4.91. The van der Waals surface area contributed by atoms with Crippen molar-refractivity contribution in [2.45, 2.75) is 44.9 Å². The summed E-state index contributed by atoms with van der Waals surface area (Å²) in [6, 6.07) is 20.3. The zero-order valence-corrected chi connectivity index (χ0v) is 16.0. The maximum absolute atomic E-state index is 12.4. The summed E-state index contributed by atoms with van der Waals surface area (Å²) >= 11 is 0. The molecule has 144 valence electrons. The first-order valence-electron chi connectivity index (χ1n) is 9.73. The molecule has 4 nitrogen and oxygen atoms in total. The number of hydrogen-bond acceptors (Lipinski definition) is 3. The molecule has 2 rings (SSSR count). The summed E-state index contributed by atoms with van der Waals surface area (Å²) in [7, 11) is 0. The number of unbranched alkanes of at least 4 members (excludes halogenated alkanes) is 2. The van der Waals surface area contributed by atoms with Crippen molar-refractivity contribution in [1.29, 1.82) is 0 Å². The summed E-state index contributed by atoms with van der Waals surface area (Å²) in [5.41, 5.74) is 2.29. The molecule has 0 aliphatic rings. The number of ether oxygens (including phenoxy) is 1. The minimum absolute atomic E-state index is 0.0521. The molecule has 4 heteroatoms. The number of nitrogens with one attached hydrogen (secondary N) is 1. The molecular weight excluding hydrogens is 338 g/mol. The molecule has 0 saturated heterocycles. The standard InChI is InChI=1S/C23H29NO3/c1-2-27-23(26)16-10-5-11-17-24-22(25)18-21(19-12-6-3-7-13-19)20-14-8-4-9-15-20/h3-4,6-9,12-15,21H,2,5,10-11,16-18H2,1H3,(H,24,25). The Kier molecular flexibility index (Phi) is 9.11. The Balaban J connectivity index is 1.78. The molecule has 1 N–H and O–H groups in total. The van der Waals surface area contributed by atoms with Crippen LogP contribution < -0.4 is 5.32 Å². The van der Waals surface area contributed by atoms with Crippen LogP contribution in [0.1, 0.15) is 56.1 Å². The quantitative estimate of drug-likeness (QED) is 0.472. The van der Waals surface area contributed by atoms with Crippen LogP contribution in [-0.4, -0.2) is 25.0 Å². The Morgan fingerprint density at radius 2 is 1.48 bits per heavy atom. The van der Waals surface area contributed by atoms with Crippen molar-refractivity contribution in [1.82, 2.24) is 5.32 Å². The minimum atomic E-state index is -0.143. The van der Waals surface area contributed by atoms with Crippen LogP contribution in [0, 0.1) is 0 Å². The Bertz CT molecular complexity index is 646. The third-order valence-corrected chi connectivity index (χ3v) is 4.48. The van der Waals surface area contributed by atoms with E-state index in [2.05, 4.69) is 29.6 Å². The van der Waals surface area contributed by atoms with Crippen LogP contribution in [0.4, 0.5) is 0 Å². The number of amides is 1. The van der Waals surface area contributed by atoms with Crippen molar-refractivity contribution in [3.8, 4) is 0 Å². The third-order valence-electron chi connectivity index (χ3n) is 4.48. The van der Waals surface area contributed by atoms with E-state index in [-0.39, 0.29) is 17.8 Å². The lowest BCUT2D eigenvalue weighted by atomic mass is 9.88. The molecule has 0 fully saturated rings. The molecule has 0 atom stereocenters. The van der Waals surface area contributed by atoms with Crippen LogP contribution >= 0.6 is 0 Å². The van der Waals surface area contributed by atoms with Gasteiger partial charge in [-0.2, -0.15) is 0 Å². The lowest BCUT2D eigenvalue weighted by Gasteiger charge is -2.18. The van der Waals surface area contributed by atoms with E-state index in [4.69, 9.17) is 4.74 Å². The Hall–Kier alpha value is -2.62. The molecule has 0 aliphatic carbocycles. The second-order valence-electron chi connectivity index (χ2n) is 6.54. The van der Waals surface area contributed by atoms with Crippen LogP contribution in [0.3, 0.4) is 0 Å². The van der Waals surface area contributed by atoms with Crippen molar-refractivity contribution in [3.05, 3.63) is 71.8 Å². The fourth-order valence-corrected chi connectivity index (χ4v) is 3.09. The molecule has 0 unspecified atom stereocenters. The Labute approximate surface area is 161 Å². The summed E-state index contributed by atoms with van der Waals surface area (Å²) in [6.45, 7) is 2.88. The number of benzene rings is 2. The molecule has 1 amide bonds. The van der Waals surface area contributed by atoms with E-state index in [1.165, 1.54) is 0 Å². The fraction of sp³-hybridized carbons (Fsp3) is 0.391. The largest absolute Gasteiger partial charge is 0.466 e. The van der Waals surface area contributed by atoms with Gasteiger partial charge in [-0.25, -0.2) is 0 Å². The number of carbonyl (C=O) groups excluding carboxylic acids is 2. The second-order valence-corrected chi connectivity index (χ2v) is 6.54. The molecule has 0 radical (unpaired) electrons. The molecule has 0 heterocycles. The van der Waals surface area contributed by atoms with Gasteiger partial charge in [0, 0.05) is 25.3 Å². The van der Waals surface area contributed by atoms with Crippen molar-refractivity contribution < 1.29 is 14.3 Å². The van der Waals surface area contributed by atoms with Crippen LogP contribution in [0.15, 0.2) is 60.7 Å². The van der Waals surface area contributed by atoms with Crippen LogP contribution in [0.2, 0.25) is 0 Å². The van der Waals surface area contributed by atoms with Crippen molar-refractivity contribution in [3.63, 3.8) is 0 Å². The molecule has 27 heavy (non-hydrogen) atoms. The maximum atomic E-state index is 12.4. The smallest absolute Gasteiger partial charge is 0.305 e. The monoisotopic (exact) mass is 367 g/mol. The van der Waals surface area contributed by atoms with Crippen molar-refractivity contribution >= 4 is 11.9 Å². The van der Waals surface area contributed by atoms with E-state index in [9.17, 15) is 9.59 Å². The van der Waals surface area contributed by atoms with Gasteiger partial charge in [0.2, 0.25) is 5.91 Å². The molecule has 0 spiro atoms. The first kappa shape index (κ1) is 20.7. The van der Waals surface area contributed by atoms with E-state index in [1.54, 1.807) is 0 Å². The zero-order valence-electron chi connectivity index (χ0n) is 16.0. The average Bonchev–Trinajstić information content (AvgIpc) is 2.70. The molecule has 0 bridgehead atoms. The van der Waals surface area contributed by atoms with Gasteiger partial charge in [0.15, 0.2) is 0 Å². The zero-order chi connectivity index (χ0) is 19.3. The average molecular weight is 367 g/mol. The molecule has 2 aromatic carbocycles. The van der Waals surface area contributed by atoms with E-state index in [0.29, 0.717) is 26.0 Å². The van der Waals surface area contributed by atoms with Gasteiger partial charge in [0.1, 0.15) is 0 Å². The summed E-state index contributed by atoms with van der Waals surface area (Å²) in [6.07, 6.45) is 3.44. The number of hydrogen-bond donors (Lipinski definition) is 1. The van der Waals surface area contributed by atoms with E-state index >= 15 is 0 Å². The minimum Gasteiger partial charge on any atom is -0.466 e. The van der Waals surface area contributed by atoms with Gasteiger partial charge in [-0.3, -0.25) is 9.59 Å². The van der Waals surface area contributed by atoms with Gasteiger partial charge >= 0.3 is 5.97 Å². The van der Waals surface area contributed by atoms with E-state index < -0.39 is 0 Å². The molecule has 0 aromatic heterocycles. The third kappa shape index (κ3) is 7.65. The highest BCUT2D eigenvalue weighted by Gasteiger charge is 2.17. The normalized spacial score (nSPS) is 10.6. The molecule has 0 aliphatic heterocycles. The SMILES string of the molecule is CCOC(=O)CCCCCNC(=O)CC(c1ccccc1)c1ccccc1. The van der Waals surface area contributed by atoms with Crippen LogP contribution in [0.5, 0.6) is 0 Å². The van der Waals surface area contributed by atoms with Gasteiger partial charge in [-0.05, 0) is 30.9 Å². The predicted octanol–water partition coefficient (Wildman–Crippen LogP) is 4.45. The maximum Gasteiger partial charge on any atom is 0.305 e.